The van der Waals surface area contributed by atoms with Gasteiger partial charge in [-0.2, -0.15) is 0 Å². The minimum absolute atomic E-state index is 0.0824. The fourth-order valence-corrected chi connectivity index (χ4v) is 5.93. The first kappa shape index (κ1) is 32.1. The van der Waals surface area contributed by atoms with E-state index in [1.54, 1.807) is 16.7 Å². The van der Waals surface area contributed by atoms with E-state index in [1.807, 2.05) is 56.3 Å². The molecule has 3 heterocycles. The number of anilines is 1. The molecule has 0 saturated heterocycles. The number of pyridine rings is 1. The van der Waals surface area contributed by atoms with Crippen LogP contribution in [0.1, 0.15) is 17.5 Å². The summed E-state index contributed by atoms with van der Waals surface area (Å²) in [4.78, 5) is 25.5. The van der Waals surface area contributed by atoms with Crippen LogP contribution in [0.2, 0.25) is 0 Å². The van der Waals surface area contributed by atoms with Crippen molar-refractivity contribution in [2.75, 3.05) is 50.6 Å². The second-order valence-electron chi connectivity index (χ2n) is 11.7. The van der Waals surface area contributed by atoms with Gasteiger partial charge in [-0.1, -0.05) is 17.7 Å². The Kier molecular flexibility index (Phi) is 9.51. The number of aromatic hydroxyl groups is 1. The number of hydrogen-bond acceptors (Lipinski definition) is 9. The number of nitrogens with one attached hydrogen (secondary N) is 3. The molecule has 0 unspecified atom stereocenters. The van der Waals surface area contributed by atoms with Crippen molar-refractivity contribution in [3.63, 3.8) is 0 Å². The lowest BCUT2D eigenvalue weighted by Crippen LogP contribution is -2.27. The second-order valence-corrected chi connectivity index (χ2v) is 13.9. The van der Waals surface area contributed by atoms with Crippen LogP contribution in [0.25, 0.3) is 33.2 Å². The zero-order valence-corrected chi connectivity index (χ0v) is 26.7. The number of aliphatic hydroxyl groups excluding tert-OH is 1. The van der Waals surface area contributed by atoms with Crippen molar-refractivity contribution < 1.29 is 23.4 Å². The van der Waals surface area contributed by atoms with Crippen molar-refractivity contribution in [3.8, 4) is 23.0 Å². The zero-order chi connectivity index (χ0) is 32.3. The third kappa shape index (κ3) is 7.85. The van der Waals surface area contributed by atoms with Crippen LogP contribution in [0.5, 0.6) is 11.6 Å². The fourth-order valence-electron chi connectivity index (χ4n) is 5.29. The molecule has 2 aromatic carbocycles. The smallest absolute Gasteiger partial charge is 0.261 e. The summed E-state index contributed by atoms with van der Waals surface area (Å²) in [5, 5.41) is 26.1. The molecule has 240 valence electrons. The van der Waals surface area contributed by atoms with Crippen LogP contribution in [0, 0.1) is 13.8 Å². The Balaban J connectivity index is 1.27. The lowest BCUT2D eigenvalue weighted by Gasteiger charge is -2.16. The molecule has 0 bridgehead atoms. The number of benzene rings is 2. The molecule has 13 heteroatoms. The molecule has 0 spiro atoms. The second kappa shape index (κ2) is 13.3. The number of imidazole rings is 1. The van der Waals surface area contributed by atoms with E-state index in [9.17, 15) is 23.4 Å². The highest BCUT2D eigenvalue weighted by Gasteiger charge is 2.18. The maximum Gasteiger partial charge on any atom is 0.261 e. The molecular formula is C32H40N6O6S. The number of aromatic amines is 2. The summed E-state index contributed by atoms with van der Waals surface area (Å²) in [5.41, 5.74) is 3.87. The van der Waals surface area contributed by atoms with Gasteiger partial charge >= 0.3 is 0 Å². The van der Waals surface area contributed by atoms with Crippen molar-refractivity contribution >= 4 is 37.3 Å². The van der Waals surface area contributed by atoms with Crippen LogP contribution in [0.3, 0.4) is 0 Å². The van der Waals surface area contributed by atoms with Gasteiger partial charge in [0.2, 0.25) is 0 Å². The van der Waals surface area contributed by atoms with E-state index < -0.39 is 15.9 Å². The number of fused-ring (bicyclic) bond motifs is 2. The summed E-state index contributed by atoms with van der Waals surface area (Å²) in [6, 6.07) is 11.2. The quantitative estimate of drug-likeness (QED) is 0.123. The van der Waals surface area contributed by atoms with Gasteiger partial charge in [0.15, 0.2) is 5.88 Å². The molecule has 0 aliphatic rings. The van der Waals surface area contributed by atoms with Crippen molar-refractivity contribution in [1.29, 1.82) is 0 Å². The number of hydrogen-bond donors (Lipinski definition) is 5. The monoisotopic (exact) mass is 636 g/mol. The molecule has 0 aliphatic heterocycles. The van der Waals surface area contributed by atoms with Crippen LogP contribution in [-0.4, -0.2) is 94.5 Å². The largest absolute Gasteiger partial charge is 0.494 e. The number of nitrogens with zero attached hydrogens (tertiary/aromatic N) is 3. The molecule has 0 aliphatic carbocycles. The highest BCUT2D eigenvalue weighted by molar-refractivity contribution is 7.90. The Labute approximate surface area is 261 Å². The number of H-pyrrole nitrogens is 2. The number of sulfone groups is 1. The first-order chi connectivity index (χ1) is 21.4. The van der Waals surface area contributed by atoms with Crippen molar-refractivity contribution in [3.05, 3.63) is 70.3 Å². The summed E-state index contributed by atoms with van der Waals surface area (Å²) in [6.45, 7) is 5.91. The summed E-state index contributed by atoms with van der Waals surface area (Å²) in [5.74, 6) is 1.30. The molecule has 5 aromatic rings. The van der Waals surface area contributed by atoms with Gasteiger partial charge in [0.25, 0.3) is 5.56 Å². The molecule has 0 saturated carbocycles. The maximum absolute atomic E-state index is 12.9. The molecule has 0 amide bonds. The predicted octanol–water partition coefficient (Wildman–Crippen LogP) is 3.41. The van der Waals surface area contributed by atoms with Crippen molar-refractivity contribution in [1.82, 2.24) is 24.4 Å². The van der Waals surface area contributed by atoms with Crippen LogP contribution in [0.15, 0.2) is 53.6 Å². The Morgan fingerprint density at radius 2 is 1.96 bits per heavy atom. The summed E-state index contributed by atoms with van der Waals surface area (Å²) in [7, 11) is -1.13. The molecule has 45 heavy (non-hydrogen) atoms. The van der Waals surface area contributed by atoms with Gasteiger partial charge in [0, 0.05) is 49.1 Å². The highest BCUT2D eigenvalue weighted by atomic mass is 32.2. The minimum Gasteiger partial charge on any atom is -0.494 e. The number of ether oxygens (including phenoxy) is 1. The van der Waals surface area contributed by atoms with Gasteiger partial charge in [-0.05, 0) is 63.7 Å². The summed E-state index contributed by atoms with van der Waals surface area (Å²) >= 11 is 0. The average molecular weight is 637 g/mol. The van der Waals surface area contributed by atoms with E-state index >= 15 is 0 Å². The molecular weight excluding hydrogens is 596 g/mol. The van der Waals surface area contributed by atoms with Gasteiger partial charge in [0.05, 0.1) is 22.5 Å². The third-order valence-corrected chi connectivity index (χ3v) is 8.66. The molecule has 5 N–H and O–H groups in total. The van der Waals surface area contributed by atoms with Gasteiger partial charge in [0.1, 0.15) is 39.7 Å². The van der Waals surface area contributed by atoms with Gasteiger partial charge in [-0.15, -0.1) is 0 Å². The minimum atomic E-state index is -3.01. The summed E-state index contributed by atoms with van der Waals surface area (Å²) in [6.07, 6.45) is 4.53. The molecule has 0 radical (unpaired) electrons. The van der Waals surface area contributed by atoms with Crippen LogP contribution in [0.4, 0.5) is 5.69 Å². The van der Waals surface area contributed by atoms with E-state index in [0.717, 1.165) is 22.9 Å². The lowest BCUT2D eigenvalue weighted by molar-refractivity contribution is 0.117. The predicted molar refractivity (Wildman–Crippen MR) is 177 cm³/mol. The number of rotatable bonds is 14. The Morgan fingerprint density at radius 3 is 2.71 bits per heavy atom. The van der Waals surface area contributed by atoms with E-state index in [4.69, 9.17) is 4.74 Å². The topological polar surface area (TPSA) is 166 Å². The summed E-state index contributed by atoms with van der Waals surface area (Å²) < 4.78 is 30.4. The van der Waals surface area contributed by atoms with Crippen molar-refractivity contribution in [2.45, 2.75) is 32.9 Å². The van der Waals surface area contributed by atoms with Crippen LogP contribution < -0.4 is 15.6 Å². The Morgan fingerprint density at radius 1 is 1.16 bits per heavy atom. The lowest BCUT2D eigenvalue weighted by atomic mass is 10.1. The highest BCUT2D eigenvalue weighted by Crippen LogP contribution is 2.32. The third-order valence-electron chi connectivity index (χ3n) is 7.73. The number of aryl methyl sites for hydroxylation is 3. The molecule has 5 rings (SSSR count). The average Bonchev–Trinajstić information content (AvgIpc) is 3.52. The van der Waals surface area contributed by atoms with Crippen molar-refractivity contribution in [2.24, 2.45) is 0 Å². The SMILES string of the molecule is Cc1ccc(OC[C@H](O)CNc2cc[nH]c(=O)c2-c2nc3cc4c(O)n(CCCN(C)CCS(C)(=O)=O)cc4cc3[nH]2)c(C)c1. The molecule has 12 nitrogen and oxygen atoms in total. The first-order valence-corrected chi connectivity index (χ1v) is 16.9. The van der Waals surface area contributed by atoms with E-state index in [-0.39, 0.29) is 30.3 Å². The van der Waals surface area contributed by atoms with Crippen LogP contribution >= 0.6 is 0 Å². The van der Waals surface area contributed by atoms with Gasteiger partial charge in [-0.25, -0.2) is 13.4 Å². The van der Waals surface area contributed by atoms with Crippen LogP contribution in [-0.2, 0) is 16.4 Å². The van der Waals surface area contributed by atoms with Gasteiger partial charge < -0.3 is 39.7 Å². The Hall–Kier alpha value is -4.33. The fraction of sp³-hybridized carbons (Fsp3) is 0.375. The molecule has 1 atom stereocenters. The normalized spacial score (nSPS) is 12.8. The maximum atomic E-state index is 12.9. The van der Waals surface area contributed by atoms with E-state index in [0.29, 0.717) is 58.9 Å². The van der Waals surface area contributed by atoms with Gasteiger partial charge in [-0.3, -0.25) is 4.79 Å². The number of aliphatic hydroxyl groups is 1. The van der Waals surface area contributed by atoms with E-state index in [2.05, 4.69) is 20.3 Å². The molecule has 0 fully saturated rings. The zero-order valence-electron chi connectivity index (χ0n) is 25.9. The number of aromatic nitrogens is 4. The Bertz CT molecular complexity index is 1980. The standard InChI is InChI=1S/C32H40N6O6S/c1-20-6-7-28(21(2)14-20)44-19-23(39)17-34-25-8-9-33-31(40)29(25)30-35-26-15-22-18-38(32(41)24(22)16-27(26)36-30)11-5-10-37(3)12-13-45(4,42)43/h6-9,14-16,18,23,39,41H,5,10-13,17,19H2,1-4H3,(H,35,36)(H2,33,34,40)/t23-/m1/s1. The molecule has 3 aromatic heterocycles. The van der Waals surface area contributed by atoms with E-state index in [1.165, 1.54) is 12.5 Å². The first-order valence-electron chi connectivity index (χ1n) is 14.8.